The number of unbranched alkanes of at least 4 members (excludes halogenated alkanes) is 1. The van der Waals surface area contributed by atoms with Gasteiger partial charge < -0.3 is 40.6 Å². The third-order valence-corrected chi connectivity index (χ3v) is 10.6. The molecule has 292 valence electrons. The quantitative estimate of drug-likeness (QED) is 0.0471. The second kappa shape index (κ2) is 19.1. The van der Waals surface area contributed by atoms with Crippen LogP contribution in [-0.4, -0.2) is 47.3 Å². The van der Waals surface area contributed by atoms with E-state index >= 15 is 0 Å². The zero-order valence-electron chi connectivity index (χ0n) is 32.1. The van der Waals surface area contributed by atoms with Gasteiger partial charge in [-0.15, -0.1) is 0 Å². The number of guanidine groups is 1. The lowest BCUT2D eigenvalue weighted by molar-refractivity contribution is -0.121. The zero-order valence-corrected chi connectivity index (χ0v) is 32.1. The number of phenolic OH excluding ortho intramolecular Hbond substituents is 1. The number of benzene rings is 4. The zero-order chi connectivity index (χ0) is 39.4. The lowest BCUT2D eigenvalue weighted by Crippen LogP contribution is -2.24. The van der Waals surface area contributed by atoms with Gasteiger partial charge in [-0.2, -0.15) is 0 Å². The maximum absolute atomic E-state index is 13.6. The number of aliphatic hydroxyl groups excluding tert-OH is 2. The third-order valence-electron chi connectivity index (χ3n) is 10.6. The Balaban J connectivity index is 1.20. The summed E-state index contributed by atoms with van der Waals surface area (Å²) in [6.45, 7) is -0.0221. The van der Waals surface area contributed by atoms with Gasteiger partial charge in [0.05, 0.1) is 13.7 Å². The molecule has 0 saturated carbocycles. The van der Waals surface area contributed by atoms with Gasteiger partial charge in [0.15, 0.2) is 17.5 Å². The summed E-state index contributed by atoms with van der Waals surface area (Å²) in [7, 11) is 3.23. The molecule has 6 bridgehead atoms. The molecule has 3 atom stereocenters. The minimum absolute atomic E-state index is 0.0420. The molecule has 4 aromatic rings. The molecule has 0 spiro atoms. The first-order valence-corrected chi connectivity index (χ1v) is 19.2. The van der Waals surface area contributed by atoms with Gasteiger partial charge in [0.25, 0.3) is 0 Å². The Labute approximate surface area is 328 Å². The van der Waals surface area contributed by atoms with Gasteiger partial charge in [-0.3, -0.25) is 9.79 Å². The fraction of sp³-hybridized carbons (Fsp3) is 0.348. The topological polar surface area (TPSA) is 156 Å². The molecule has 56 heavy (non-hydrogen) atoms. The minimum Gasteiger partial charge on any atom is -0.508 e. The third kappa shape index (κ3) is 10.4. The van der Waals surface area contributed by atoms with E-state index in [1.165, 1.54) is 5.56 Å². The lowest BCUT2D eigenvalue weighted by atomic mass is 9.80. The van der Waals surface area contributed by atoms with Crippen molar-refractivity contribution in [2.45, 2.75) is 77.1 Å². The summed E-state index contributed by atoms with van der Waals surface area (Å²) in [5.41, 5.74) is 11.0. The number of ketones is 1. The SMILES string of the molecule is CN=C(N)Nc1cccc(CCCCC2C=CC(O)=CC2CC2CC(=O)CCc3ccc(OC)c(c3)OCc3cc4ccc(O)c(c4cc3CO)CC#CO2)c1. The van der Waals surface area contributed by atoms with Gasteiger partial charge in [-0.25, -0.2) is 0 Å². The Bertz CT molecular complexity index is 2180. The van der Waals surface area contributed by atoms with E-state index in [2.05, 4.69) is 40.5 Å². The van der Waals surface area contributed by atoms with E-state index in [1.807, 2.05) is 54.6 Å². The normalized spacial score (nSPS) is 18.8. The second-order valence-electron chi connectivity index (χ2n) is 14.5. The number of rotatable bonds is 10. The highest BCUT2D eigenvalue weighted by Crippen LogP contribution is 2.35. The highest BCUT2D eigenvalue weighted by Gasteiger charge is 2.27. The summed E-state index contributed by atoms with van der Waals surface area (Å²) >= 11 is 0. The number of aliphatic imine (C=N–C) groups is 1. The summed E-state index contributed by atoms with van der Waals surface area (Å²) in [6, 6.07) is 21.1. The van der Waals surface area contributed by atoms with Crippen molar-refractivity contribution in [1.82, 2.24) is 0 Å². The highest BCUT2D eigenvalue weighted by atomic mass is 16.5. The number of allylic oxidation sites excluding steroid dienone is 3. The number of aromatic hydroxyl groups is 1. The van der Waals surface area contributed by atoms with Crippen LogP contribution in [-0.2, 0) is 42.0 Å². The molecule has 3 unspecified atom stereocenters. The summed E-state index contributed by atoms with van der Waals surface area (Å²) in [4.78, 5) is 17.5. The number of phenols is 1. The van der Waals surface area contributed by atoms with Crippen LogP contribution in [0.5, 0.6) is 17.2 Å². The van der Waals surface area contributed by atoms with Crippen LogP contribution in [0.1, 0.15) is 66.3 Å². The van der Waals surface area contributed by atoms with E-state index in [0.717, 1.165) is 53.3 Å². The van der Waals surface area contributed by atoms with Gasteiger partial charge in [-0.05, 0) is 132 Å². The second-order valence-corrected chi connectivity index (χ2v) is 14.5. The number of methoxy groups -OCH3 is 1. The summed E-state index contributed by atoms with van der Waals surface area (Å²) in [5.74, 6) is 4.99. The fourth-order valence-corrected chi connectivity index (χ4v) is 7.53. The first-order chi connectivity index (χ1) is 27.2. The molecule has 1 aliphatic carbocycles. The Morgan fingerprint density at radius 3 is 2.75 bits per heavy atom. The fourth-order valence-electron chi connectivity index (χ4n) is 7.53. The maximum atomic E-state index is 13.6. The van der Waals surface area contributed by atoms with E-state index in [4.69, 9.17) is 19.9 Å². The molecule has 0 amide bonds. The minimum atomic E-state index is -0.520. The molecule has 0 saturated heterocycles. The summed E-state index contributed by atoms with van der Waals surface area (Å²) in [6.07, 6.45) is 13.5. The summed E-state index contributed by atoms with van der Waals surface area (Å²) < 4.78 is 18.0. The number of Topliss-reactive ketones (excluding diaryl/α,β-unsaturated/α-hetero) is 1. The number of nitrogens with one attached hydrogen (secondary N) is 1. The largest absolute Gasteiger partial charge is 0.508 e. The molecular weight excluding hydrogens is 707 g/mol. The molecule has 0 aromatic heterocycles. The van der Waals surface area contributed by atoms with Crippen molar-refractivity contribution in [1.29, 1.82) is 0 Å². The van der Waals surface area contributed by atoms with Gasteiger partial charge in [0.1, 0.15) is 36.1 Å². The van der Waals surface area contributed by atoms with Gasteiger partial charge in [-0.1, -0.05) is 42.7 Å². The van der Waals surface area contributed by atoms with Crippen molar-refractivity contribution in [3.63, 3.8) is 0 Å². The Morgan fingerprint density at radius 2 is 1.93 bits per heavy atom. The van der Waals surface area contributed by atoms with E-state index in [0.29, 0.717) is 47.8 Å². The predicted octanol–water partition coefficient (Wildman–Crippen LogP) is 7.82. The Kier molecular flexibility index (Phi) is 13.6. The van der Waals surface area contributed by atoms with E-state index in [1.54, 1.807) is 26.3 Å². The van der Waals surface area contributed by atoms with E-state index in [9.17, 15) is 20.1 Å². The molecule has 0 fully saturated rings. The first-order valence-electron chi connectivity index (χ1n) is 19.2. The van der Waals surface area contributed by atoms with Crippen molar-refractivity contribution in [2.24, 2.45) is 22.6 Å². The maximum Gasteiger partial charge on any atom is 0.192 e. The van der Waals surface area contributed by atoms with Crippen LogP contribution in [0.25, 0.3) is 10.8 Å². The standard InChI is InChI=1S/C46H51N3O7/c1-48-46(47)49-37-10-5-8-30(21-37)7-3-4-9-32-14-17-38(51)24-34(32)25-40-27-39(52)16-12-31-13-19-44(54-2)45(22-31)56-29-36-23-33-15-18-43(53)41(11-6-20-55-40)42(33)26-35(36)28-50/h5,8,10,13-15,17-19,21-24,26,32,34,40,50-51,53H,3-4,7,9,11-12,16,25,27-29H2,1-2H3,(H3,47,48,49). The molecule has 10 nitrogen and oxygen atoms in total. The molecule has 0 radical (unpaired) electrons. The van der Waals surface area contributed by atoms with E-state index in [-0.39, 0.29) is 55.2 Å². The number of aryl methyl sites for hydroxylation is 2. The first kappa shape index (κ1) is 39.8. The van der Waals surface area contributed by atoms with Crippen LogP contribution < -0.4 is 20.5 Å². The highest BCUT2D eigenvalue weighted by molar-refractivity contribution is 5.92. The van der Waals surface area contributed by atoms with Crippen molar-refractivity contribution < 1.29 is 34.3 Å². The van der Waals surface area contributed by atoms with Gasteiger partial charge >= 0.3 is 0 Å². The Morgan fingerprint density at radius 1 is 1.05 bits per heavy atom. The number of aliphatic hydroxyl groups is 2. The Hall–Kier alpha value is -5.92. The van der Waals surface area contributed by atoms with Crippen LogP contribution in [0.15, 0.2) is 95.7 Å². The van der Waals surface area contributed by atoms with Crippen molar-refractivity contribution in [3.8, 4) is 29.3 Å². The number of anilines is 1. The average Bonchev–Trinajstić information content (AvgIpc) is 3.20. The van der Waals surface area contributed by atoms with Gasteiger partial charge in [0, 0.05) is 37.6 Å². The number of hydrogen-bond donors (Lipinski definition) is 5. The van der Waals surface area contributed by atoms with Crippen LogP contribution >= 0.6 is 0 Å². The molecule has 3 aliphatic rings. The molecule has 2 aliphatic heterocycles. The molecule has 4 aromatic carbocycles. The summed E-state index contributed by atoms with van der Waals surface area (Å²) in [5, 5.41) is 36.5. The lowest BCUT2D eigenvalue weighted by Gasteiger charge is -2.28. The number of ether oxygens (including phenoxy) is 3. The van der Waals surface area contributed by atoms with Crippen LogP contribution in [0.3, 0.4) is 0 Å². The molecule has 10 heteroatoms. The number of hydrogen-bond acceptors (Lipinski definition) is 8. The predicted molar refractivity (Wildman–Crippen MR) is 220 cm³/mol. The van der Waals surface area contributed by atoms with E-state index < -0.39 is 6.10 Å². The number of carbonyl (C=O) groups excluding carboxylic acids is 1. The molecule has 7 rings (SSSR count). The number of carbonyl (C=O) groups is 1. The number of nitrogens with two attached hydrogens (primary N) is 1. The molecular formula is C46H51N3O7. The van der Waals surface area contributed by atoms with Crippen molar-refractivity contribution in [2.75, 3.05) is 19.5 Å². The number of nitrogens with zero attached hydrogens (tertiary/aromatic N) is 1. The monoisotopic (exact) mass is 757 g/mol. The van der Waals surface area contributed by atoms with Crippen molar-refractivity contribution in [3.05, 3.63) is 119 Å². The molecule has 6 N–H and O–H groups in total. The average molecular weight is 758 g/mol. The smallest absolute Gasteiger partial charge is 0.192 e. The molecule has 2 heterocycles. The van der Waals surface area contributed by atoms with Crippen LogP contribution in [0, 0.1) is 23.9 Å². The van der Waals surface area contributed by atoms with Crippen molar-refractivity contribution >= 4 is 28.2 Å². The van der Waals surface area contributed by atoms with Crippen LogP contribution in [0.4, 0.5) is 5.69 Å². The van der Waals surface area contributed by atoms with Gasteiger partial charge in [0.2, 0.25) is 0 Å². The van der Waals surface area contributed by atoms with Crippen LogP contribution in [0.2, 0.25) is 0 Å². The number of fused-ring (bicyclic) bond motifs is 9.